The number of hydrogen-bond donors (Lipinski definition) is 1. The van der Waals surface area contributed by atoms with E-state index in [4.69, 9.17) is 9.84 Å². The second-order valence-corrected chi connectivity index (χ2v) is 4.93. The standard InChI is InChI=1S/C16H17NO3/c1-10(2)13-7-6-12(9-11(13)3)20-14-5-4-8-17-15(14)16(18)19/h4-10H,1-3H3,(H,18,19). The van der Waals surface area contributed by atoms with Gasteiger partial charge in [-0.25, -0.2) is 9.78 Å². The Morgan fingerprint density at radius 1 is 1.30 bits per heavy atom. The predicted octanol–water partition coefficient (Wildman–Crippen LogP) is 4.00. The molecule has 0 radical (unpaired) electrons. The van der Waals surface area contributed by atoms with Crippen molar-refractivity contribution in [1.29, 1.82) is 0 Å². The van der Waals surface area contributed by atoms with Crippen molar-refractivity contribution in [3.63, 3.8) is 0 Å². The molecule has 104 valence electrons. The van der Waals surface area contributed by atoms with Crippen LogP contribution in [0.25, 0.3) is 0 Å². The molecule has 0 atom stereocenters. The Hall–Kier alpha value is -2.36. The minimum absolute atomic E-state index is 0.0851. The van der Waals surface area contributed by atoms with Gasteiger partial charge in [-0.05, 0) is 48.2 Å². The zero-order valence-corrected chi connectivity index (χ0v) is 11.8. The third-order valence-corrected chi connectivity index (χ3v) is 3.06. The van der Waals surface area contributed by atoms with Crippen molar-refractivity contribution in [3.8, 4) is 11.5 Å². The first-order valence-electron chi connectivity index (χ1n) is 6.45. The summed E-state index contributed by atoms with van der Waals surface area (Å²) < 4.78 is 5.64. The van der Waals surface area contributed by atoms with Crippen molar-refractivity contribution in [2.24, 2.45) is 0 Å². The van der Waals surface area contributed by atoms with Gasteiger partial charge in [-0.1, -0.05) is 19.9 Å². The van der Waals surface area contributed by atoms with Crippen LogP contribution >= 0.6 is 0 Å². The summed E-state index contributed by atoms with van der Waals surface area (Å²) in [5.41, 5.74) is 2.29. The van der Waals surface area contributed by atoms with Gasteiger partial charge in [0.05, 0.1) is 0 Å². The molecule has 1 aromatic heterocycles. The van der Waals surface area contributed by atoms with E-state index in [-0.39, 0.29) is 11.4 Å². The monoisotopic (exact) mass is 271 g/mol. The van der Waals surface area contributed by atoms with E-state index in [1.165, 1.54) is 11.8 Å². The average Bonchev–Trinajstić information content (AvgIpc) is 2.38. The van der Waals surface area contributed by atoms with E-state index in [1.807, 2.05) is 25.1 Å². The van der Waals surface area contributed by atoms with Crippen LogP contribution in [0.5, 0.6) is 11.5 Å². The minimum Gasteiger partial charge on any atom is -0.476 e. The largest absolute Gasteiger partial charge is 0.476 e. The lowest BCUT2D eigenvalue weighted by atomic mass is 9.98. The lowest BCUT2D eigenvalue weighted by molar-refractivity contribution is 0.0687. The number of aromatic carboxylic acids is 1. The Bertz CT molecular complexity index is 635. The van der Waals surface area contributed by atoms with Gasteiger partial charge >= 0.3 is 5.97 Å². The number of benzene rings is 1. The number of carboxylic acid groups (broad SMARTS) is 1. The minimum atomic E-state index is -1.10. The number of aromatic nitrogens is 1. The van der Waals surface area contributed by atoms with Crippen molar-refractivity contribution < 1.29 is 14.6 Å². The quantitative estimate of drug-likeness (QED) is 0.912. The molecule has 4 heteroatoms. The van der Waals surface area contributed by atoms with Gasteiger partial charge in [0, 0.05) is 6.20 Å². The van der Waals surface area contributed by atoms with Crippen LogP contribution in [0.4, 0.5) is 0 Å². The lowest BCUT2D eigenvalue weighted by Gasteiger charge is -2.12. The van der Waals surface area contributed by atoms with Crippen LogP contribution < -0.4 is 4.74 Å². The second-order valence-electron chi connectivity index (χ2n) is 4.93. The molecule has 0 spiro atoms. The van der Waals surface area contributed by atoms with Gasteiger partial charge in [-0.3, -0.25) is 0 Å². The number of ether oxygens (including phenoxy) is 1. The normalized spacial score (nSPS) is 10.6. The van der Waals surface area contributed by atoms with Crippen LogP contribution in [0.15, 0.2) is 36.5 Å². The average molecular weight is 271 g/mol. The maximum absolute atomic E-state index is 11.1. The summed E-state index contributed by atoms with van der Waals surface area (Å²) in [6, 6.07) is 9.01. The molecule has 0 saturated heterocycles. The van der Waals surface area contributed by atoms with Gasteiger partial charge in [0.25, 0.3) is 0 Å². The molecule has 1 N–H and O–H groups in total. The van der Waals surface area contributed by atoms with Crippen LogP contribution in [-0.2, 0) is 0 Å². The lowest BCUT2D eigenvalue weighted by Crippen LogP contribution is -2.03. The SMILES string of the molecule is Cc1cc(Oc2cccnc2C(=O)O)ccc1C(C)C. The highest BCUT2D eigenvalue weighted by atomic mass is 16.5. The van der Waals surface area contributed by atoms with Crippen LogP contribution in [0, 0.1) is 6.92 Å². The van der Waals surface area contributed by atoms with E-state index in [0.717, 1.165) is 5.56 Å². The third-order valence-electron chi connectivity index (χ3n) is 3.06. The summed E-state index contributed by atoms with van der Waals surface area (Å²) in [5, 5.41) is 9.07. The zero-order valence-electron chi connectivity index (χ0n) is 11.8. The molecule has 0 aliphatic carbocycles. The highest BCUT2D eigenvalue weighted by Gasteiger charge is 2.13. The second kappa shape index (κ2) is 5.74. The number of carbonyl (C=O) groups is 1. The van der Waals surface area contributed by atoms with Crippen LogP contribution in [-0.4, -0.2) is 16.1 Å². The fourth-order valence-electron chi connectivity index (χ4n) is 2.12. The Morgan fingerprint density at radius 2 is 2.05 bits per heavy atom. The summed E-state index contributed by atoms with van der Waals surface area (Å²) >= 11 is 0. The first-order valence-corrected chi connectivity index (χ1v) is 6.45. The maximum Gasteiger partial charge on any atom is 0.358 e. The molecule has 0 aliphatic rings. The fraction of sp³-hybridized carbons (Fsp3) is 0.250. The number of pyridine rings is 1. The first kappa shape index (κ1) is 14.1. The molecule has 0 bridgehead atoms. The topological polar surface area (TPSA) is 59.4 Å². The van der Waals surface area contributed by atoms with Gasteiger partial charge in [-0.15, -0.1) is 0 Å². The first-order chi connectivity index (χ1) is 9.49. The van der Waals surface area contributed by atoms with Crippen molar-refractivity contribution in [2.45, 2.75) is 26.7 Å². The van der Waals surface area contributed by atoms with E-state index in [9.17, 15) is 4.79 Å². The molecule has 0 amide bonds. The molecule has 0 saturated carbocycles. The molecule has 0 aliphatic heterocycles. The van der Waals surface area contributed by atoms with Crippen molar-refractivity contribution in [1.82, 2.24) is 4.98 Å². The molecular weight excluding hydrogens is 254 g/mol. The highest BCUT2D eigenvalue weighted by molar-refractivity contribution is 5.88. The Kier molecular flexibility index (Phi) is 4.03. The van der Waals surface area contributed by atoms with Gasteiger partial charge < -0.3 is 9.84 Å². The van der Waals surface area contributed by atoms with Gasteiger partial charge in [0.1, 0.15) is 5.75 Å². The van der Waals surface area contributed by atoms with Crippen molar-refractivity contribution in [3.05, 3.63) is 53.3 Å². The zero-order chi connectivity index (χ0) is 14.7. The fourth-order valence-corrected chi connectivity index (χ4v) is 2.12. The molecule has 1 heterocycles. The van der Waals surface area contributed by atoms with E-state index in [2.05, 4.69) is 18.8 Å². The molecule has 2 aromatic rings. The smallest absolute Gasteiger partial charge is 0.358 e. The third kappa shape index (κ3) is 2.96. The molecule has 2 rings (SSSR count). The van der Waals surface area contributed by atoms with Gasteiger partial charge in [0.15, 0.2) is 11.4 Å². The number of aryl methyl sites for hydroxylation is 1. The summed E-state index contributed by atoms with van der Waals surface area (Å²) in [7, 11) is 0. The summed E-state index contributed by atoms with van der Waals surface area (Å²) in [6.45, 7) is 6.28. The van der Waals surface area contributed by atoms with Crippen molar-refractivity contribution in [2.75, 3.05) is 0 Å². The van der Waals surface area contributed by atoms with E-state index >= 15 is 0 Å². The Balaban J connectivity index is 2.31. The van der Waals surface area contributed by atoms with E-state index in [0.29, 0.717) is 11.7 Å². The number of nitrogens with zero attached hydrogens (tertiary/aromatic N) is 1. The van der Waals surface area contributed by atoms with Gasteiger partial charge in [0.2, 0.25) is 0 Å². The number of hydrogen-bond acceptors (Lipinski definition) is 3. The van der Waals surface area contributed by atoms with E-state index in [1.54, 1.807) is 12.1 Å². The molecule has 4 nitrogen and oxygen atoms in total. The number of rotatable bonds is 4. The number of carboxylic acids is 1. The maximum atomic E-state index is 11.1. The highest BCUT2D eigenvalue weighted by Crippen LogP contribution is 2.28. The predicted molar refractivity (Wildman–Crippen MR) is 76.5 cm³/mol. The molecular formula is C16H17NO3. The molecule has 1 aromatic carbocycles. The van der Waals surface area contributed by atoms with E-state index < -0.39 is 5.97 Å². The molecule has 20 heavy (non-hydrogen) atoms. The van der Waals surface area contributed by atoms with Crippen LogP contribution in [0.1, 0.15) is 41.4 Å². The van der Waals surface area contributed by atoms with Crippen molar-refractivity contribution >= 4 is 5.97 Å². The Labute approximate surface area is 118 Å². The van der Waals surface area contributed by atoms with Gasteiger partial charge in [-0.2, -0.15) is 0 Å². The molecule has 0 fully saturated rings. The van der Waals surface area contributed by atoms with Crippen LogP contribution in [0.3, 0.4) is 0 Å². The Morgan fingerprint density at radius 3 is 2.65 bits per heavy atom. The summed E-state index contributed by atoms with van der Waals surface area (Å²) in [4.78, 5) is 14.9. The summed E-state index contributed by atoms with van der Waals surface area (Å²) in [5.74, 6) is 0.201. The van der Waals surface area contributed by atoms with Crippen LogP contribution in [0.2, 0.25) is 0 Å². The molecule has 0 unspecified atom stereocenters. The summed E-state index contributed by atoms with van der Waals surface area (Å²) in [6.07, 6.45) is 1.43.